The largest absolute Gasteiger partial charge is 0.198 e. The third kappa shape index (κ3) is 2.91. The minimum atomic E-state index is -0.0151. The van der Waals surface area contributed by atoms with E-state index in [4.69, 9.17) is 28.5 Å². The highest BCUT2D eigenvalue weighted by Crippen LogP contribution is 2.23. The van der Waals surface area contributed by atoms with E-state index >= 15 is 0 Å². The highest BCUT2D eigenvalue weighted by atomic mass is 35.5. The van der Waals surface area contributed by atoms with Crippen LogP contribution in [0.4, 0.5) is 0 Å². The smallest absolute Gasteiger partial charge is 0.0656 e. The van der Waals surface area contributed by atoms with Gasteiger partial charge in [0.05, 0.1) is 6.07 Å². The summed E-state index contributed by atoms with van der Waals surface area (Å²) in [6.07, 6.45) is 0.673. The number of nitrogens with zero attached hydrogens (tertiary/aromatic N) is 1. The molecule has 1 aromatic carbocycles. The van der Waals surface area contributed by atoms with Crippen LogP contribution in [0.15, 0.2) is 18.2 Å². The molecule has 1 unspecified atom stereocenters. The van der Waals surface area contributed by atoms with Crippen LogP contribution in [0.25, 0.3) is 0 Å². The van der Waals surface area contributed by atoms with Crippen LogP contribution in [0.3, 0.4) is 0 Å². The Morgan fingerprint density at radius 1 is 1.46 bits per heavy atom. The number of hydrogen-bond acceptors (Lipinski definition) is 1. The van der Waals surface area contributed by atoms with Crippen LogP contribution in [-0.4, -0.2) is 0 Å². The second-order valence-electron chi connectivity index (χ2n) is 2.97. The molecule has 1 aromatic rings. The van der Waals surface area contributed by atoms with Gasteiger partial charge in [0.1, 0.15) is 0 Å². The first-order valence-corrected chi connectivity index (χ1v) is 4.72. The summed E-state index contributed by atoms with van der Waals surface area (Å²) >= 11 is 11.7. The standard InChI is InChI=1S/C10H9Cl2N/c1-7(6-13)4-8-2-3-9(11)5-10(8)12/h2-3,5,7H,4H2,1H3. The van der Waals surface area contributed by atoms with Crippen molar-refractivity contribution in [3.05, 3.63) is 33.8 Å². The van der Waals surface area contributed by atoms with Crippen molar-refractivity contribution in [3.8, 4) is 6.07 Å². The first kappa shape index (κ1) is 10.4. The number of benzene rings is 1. The maximum atomic E-state index is 8.62. The molecule has 0 aromatic heterocycles. The Balaban J connectivity index is 2.85. The van der Waals surface area contributed by atoms with Crippen molar-refractivity contribution in [3.63, 3.8) is 0 Å². The Hall–Kier alpha value is -0.710. The summed E-state index contributed by atoms with van der Waals surface area (Å²) in [5, 5.41) is 9.88. The van der Waals surface area contributed by atoms with Crippen LogP contribution < -0.4 is 0 Å². The van der Waals surface area contributed by atoms with Crippen molar-refractivity contribution in [1.82, 2.24) is 0 Å². The molecule has 0 heterocycles. The number of hydrogen-bond donors (Lipinski definition) is 0. The maximum absolute atomic E-state index is 8.62. The zero-order valence-electron chi connectivity index (χ0n) is 7.22. The Morgan fingerprint density at radius 2 is 2.15 bits per heavy atom. The Morgan fingerprint density at radius 3 is 2.69 bits per heavy atom. The molecule has 1 nitrogen and oxygen atoms in total. The zero-order chi connectivity index (χ0) is 9.84. The highest BCUT2D eigenvalue weighted by molar-refractivity contribution is 6.35. The summed E-state index contributed by atoms with van der Waals surface area (Å²) in [5.74, 6) is -0.0151. The third-order valence-electron chi connectivity index (χ3n) is 1.76. The highest BCUT2D eigenvalue weighted by Gasteiger charge is 2.05. The lowest BCUT2D eigenvalue weighted by Gasteiger charge is -2.05. The average Bonchev–Trinajstić information content (AvgIpc) is 2.09. The van der Waals surface area contributed by atoms with Gasteiger partial charge in [-0.1, -0.05) is 29.3 Å². The van der Waals surface area contributed by atoms with Crippen molar-refractivity contribution in [2.45, 2.75) is 13.3 Å². The molecule has 0 spiro atoms. The van der Waals surface area contributed by atoms with Gasteiger partial charge < -0.3 is 0 Å². The maximum Gasteiger partial charge on any atom is 0.0656 e. The van der Waals surface area contributed by atoms with Gasteiger partial charge in [0, 0.05) is 16.0 Å². The van der Waals surface area contributed by atoms with Crippen molar-refractivity contribution in [1.29, 1.82) is 5.26 Å². The van der Waals surface area contributed by atoms with E-state index in [0.29, 0.717) is 16.5 Å². The zero-order valence-corrected chi connectivity index (χ0v) is 8.73. The van der Waals surface area contributed by atoms with E-state index in [9.17, 15) is 0 Å². The normalized spacial score (nSPS) is 12.2. The van der Waals surface area contributed by atoms with E-state index in [1.807, 2.05) is 13.0 Å². The van der Waals surface area contributed by atoms with Crippen LogP contribution in [-0.2, 0) is 6.42 Å². The van der Waals surface area contributed by atoms with E-state index in [-0.39, 0.29) is 5.92 Å². The predicted molar refractivity (Wildman–Crippen MR) is 54.9 cm³/mol. The molecule has 0 aliphatic heterocycles. The van der Waals surface area contributed by atoms with Crippen molar-refractivity contribution in [2.75, 3.05) is 0 Å². The summed E-state index contributed by atoms with van der Waals surface area (Å²) < 4.78 is 0. The van der Waals surface area contributed by atoms with Gasteiger partial charge in [0.15, 0.2) is 0 Å². The summed E-state index contributed by atoms with van der Waals surface area (Å²) in [5.41, 5.74) is 0.972. The van der Waals surface area contributed by atoms with Gasteiger partial charge in [-0.2, -0.15) is 5.26 Å². The second kappa shape index (κ2) is 4.50. The van der Waals surface area contributed by atoms with Crippen LogP contribution in [0, 0.1) is 17.2 Å². The summed E-state index contributed by atoms with van der Waals surface area (Å²) in [6, 6.07) is 7.50. The van der Waals surface area contributed by atoms with Gasteiger partial charge in [-0.05, 0) is 31.0 Å². The molecule has 0 aliphatic rings. The minimum Gasteiger partial charge on any atom is -0.198 e. The molecule has 1 rings (SSSR count). The number of rotatable bonds is 2. The molecule has 0 aliphatic carbocycles. The molecular weight excluding hydrogens is 205 g/mol. The molecule has 0 amide bonds. The van der Waals surface area contributed by atoms with E-state index in [1.54, 1.807) is 12.1 Å². The average molecular weight is 214 g/mol. The number of halogens is 2. The van der Waals surface area contributed by atoms with Gasteiger partial charge in [0.25, 0.3) is 0 Å². The van der Waals surface area contributed by atoms with Gasteiger partial charge >= 0.3 is 0 Å². The van der Waals surface area contributed by atoms with E-state index < -0.39 is 0 Å². The van der Waals surface area contributed by atoms with Crippen LogP contribution in [0.5, 0.6) is 0 Å². The quantitative estimate of drug-likeness (QED) is 0.736. The fourth-order valence-corrected chi connectivity index (χ4v) is 1.55. The van der Waals surface area contributed by atoms with Crippen molar-refractivity contribution >= 4 is 23.2 Å². The molecule has 1 atom stereocenters. The summed E-state index contributed by atoms with van der Waals surface area (Å²) in [6.45, 7) is 1.87. The fourth-order valence-electron chi connectivity index (χ4n) is 1.06. The lowest BCUT2D eigenvalue weighted by molar-refractivity contribution is 0.739. The van der Waals surface area contributed by atoms with Gasteiger partial charge in [-0.3, -0.25) is 0 Å². The predicted octanol–water partition coefficient (Wildman–Crippen LogP) is 3.70. The molecular formula is C10H9Cl2N. The molecule has 0 saturated heterocycles. The summed E-state index contributed by atoms with van der Waals surface area (Å²) in [7, 11) is 0. The minimum absolute atomic E-state index is 0.0151. The molecule has 0 saturated carbocycles. The first-order valence-electron chi connectivity index (χ1n) is 3.97. The molecule has 0 N–H and O–H groups in total. The molecule has 3 heteroatoms. The van der Waals surface area contributed by atoms with E-state index in [0.717, 1.165) is 5.56 Å². The lowest BCUT2D eigenvalue weighted by Crippen LogP contribution is -1.96. The molecule has 0 fully saturated rings. The Kier molecular flexibility index (Phi) is 3.59. The van der Waals surface area contributed by atoms with Gasteiger partial charge in [0.2, 0.25) is 0 Å². The second-order valence-corrected chi connectivity index (χ2v) is 3.81. The Bertz CT molecular complexity index is 341. The van der Waals surface area contributed by atoms with Crippen LogP contribution in [0.1, 0.15) is 12.5 Å². The SMILES string of the molecule is CC(C#N)Cc1ccc(Cl)cc1Cl. The molecule has 0 bridgehead atoms. The topological polar surface area (TPSA) is 23.8 Å². The Labute approximate surface area is 87.9 Å². The lowest BCUT2D eigenvalue weighted by atomic mass is 10.0. The molecule has 13 heavy (non-hydrogen) atoms. The monoisotopic (exact) mass is 213 g/mol. The van der Waals surface area contributed by atoms with E-state index in [1.165, 1.54) is 0 Å². The van der Waals surface area contributed by atoms with E-state index in [2.05, 4.69) is 6.07 Å². The fraction of sp³-hybridized carbons (Fsp3) is 0.300. The number of nitriles is 1. The molecule has 68 valence electrons. The van der Waals surface area contributed by atoms with Crippen molar-refractivity contribution < 1.29 is 0 Å². The van der Waals surface area contributed by atoms with Crippen LogP contribution >= 0.6 is 23.2 Å². The summed E-state index contributed by atoms with van der Waals surface area (Å²) in [4.78, 5) is 0. The van der Waals surface area contributed by atoms with Crippen molar-refractivity contribution in [2.24, 2.45) is 5.92 Å². The third-order valence-corrected chi connectivity index (χ3v) is 2.35. The van der Waals surface area contributed by atoms with Gasteiger partial charge in [-0.15, -0.1) is 0 Å². The van der Waals surface area contributed by atoms with Gasteiger partial charge in [-0.25, -0.2) is 0 Å². The van der Waals surface area contributed by atoms with Crippen LogP contribution in [0.2, 0.25) is 10.0 Å². The first-order chi connectivity index (χ1) is 6.13. The molecule has 0 radical (unpaired) electrons.